The Kier molecular flexibility index (Phi) is 4.66. The maximum atomic E-state index is 5.61. The fourth-order valence-corrected chi connectivity index (χ4v) is 6.76. The highest BCUT2D eigenvalue weighted by atomic mass is 32.1. The predicted molar refractivity (Wildman–Crippen MR) is 128 cm³/mol. The molecule has 0 bridgehead atoms. The number of ether oxygens (including phenoxy) is 1. The maximum Gasteiger partial charge on any atom is 0.119 e. The van der Waals surface area contributed by atoms with Crippen LogP contribution in [0.5, 0.6) is 5.75 Å². The van der Waals surface area contributed by atoms with E-state index in [0.29, 0.717) is 5.92 Å². The first-order chi connectivity index (χ1) is 15.2. The van der Waals surface area contributed by atoms with Crippen LogP contribution in [0.3, 0.4) is 0 Å². The van der Waals surface area contributed by atoms with Crippen LogP contribution in [0.4, 0.5) is 0 Å². The average molecular weight is 429 g/mol. The Morgan fingerprint density at radius 2 is 2.06 bits per heavy atom. The first-order valence-corrected chi connectivity index (χ1v) is 12.1. The third kappa shape index (κ3) is 3.20. The molecule has 0 radical (unpaired) electrons. The van der Waals surface area contributed by atoms with E-state index in [1.165, 1.54) is 39.0 Å². The minimum Gasteiger partial charge on any atom is -0.497 e. The van der Waals surface area contributed by atoms with E-state index in [1.54, 1.807) is 7.11 Å². The van der Waals surface area contributed by atoms with Crippen LogP contribution in [-0.4, -0.2) is 30.1 Å². The van der Waals surface area contributed by atoms with E-state index in [-0.39, 0.29) is 5.41 Å². The van der Waals surface area contributed by atoms with Crippen LogP contribution in [0.25, 0.3) is 10.9 Å². The number of hydrogen-bond donors (Lipinski definition) is 1. The Hall–Kier alpha value is -2.56. The molecule has 1 N–H and O–H groups in total. The van der Waals surface area contributed by atoms with Crippen molar-refractivity contribution < 1.29 is 4.74 Å². The Balaban J connectivity index is 1.42. The molecule has 2 aliphatic rings. The average Bonchev–Trinajstić information content (AvgIpc) is 3.45. The van der Waals surface area contributed by atoms with Crippen molar-refractivity contribution in [3.05, 3.63) is 87.7 Å². The number of piperidine rings is 1. The zero-order chi connectivity index (χ0) is 20.8. The lowest BCUT2D eigenvalue weighted by Gasteiger charge is -2.51. The van der Waals surface area contributed by atoms with Crippen LogP contribution in [0.2, 0.25) is 0 Å². The molecular formula is C27H28N2OS. The number of aromatic amines is 1. The number of benzene rings is 2. The lowest BCUT2D eigenvalue weighted by atomic mass is 9.58. The van der Waals surface area contributed by atoms with Crippen LogP contribution in [0.1, 0.15) is 28.1 Å². The molecule has 4 heteroatoms. The number of H-pyrrole nitrogens is 1. The number of rotatable bonds is 4. The van der Waals surface area contributed by atoms with Gasteiger partial charge >= 0.3 is 0 Å². The molecule has 1 fully saturated rings. The monoisotopic (exact) mass is 428 g/mol. The minimum absolute atomic E-state index is 0.161. The summed E-state index contributed by atoms with van der Waals surface area (Å²) in [6.45, 7) is 3.36. The second kappa shape index (κ2) is 7.54. The van der Waals surface area contributed by atoms with Gasteiger partial charge in [0.05, 0.1) is 7.11 Å². The van der Waals surface area contributed by atoms with E-state index in [2.05, 4.69) is 75.9 Å². The minimum atomic E-state index is 0.161. The number of aromatic nitrogens is 1. The van der Waals surface area contributed by atoms with Crippen molar-refractivity contribution >= 4 is 22.2 Å². The molecule has 4 aromatic rings. The molecule has 1 aliphatic heterocycles. The van der Waals surface area contributed by atoms with Gasteiger partial charge in [-0.1, -0.05) is 36.4 Å². The third-order valence-corrected chi connectivity index (χ3v) is 8.44. The molecule has 1 saturated heterocycles. The zero-order valence-corrected chi connectivity index (χ0v) is 18.8. The Bertz CT molecular complexity index is 1210. The molecule has 2 aromatic heterocycles. The van der Waals surface area contributed by atoms with Gasteiger partial charge in [0, 0.05) is 40.0 Å². The van der Waals surface area contributed by atoms with Crippen LogP contribution >= 0.6 is 11.3 Å². The van der Waals surface area contributed by atoms with Gasteiger partial charge < -0.3 is 9.72 Å². The first kappa shape index (κ1) is 19.1. The highest BCUT2D eigenvalue weighted by molar-refractivity contribution is 7.09. The van der Waals surface area contributed by atoms with Gasteiger partial charge in [0.2, 0.25) is 0 Å². The molecule has 158 valence electrons. The lowest BCUT2D eigenvalue weighted by molar-refractivity contribution is 0.0771. The highest BCUT2D eigenvalue weighted by Gasteiger charge is 2.48. The van der Waals surface area contributed by atoms with E-state index in [1.807, 2.05) is 11.3 Å². The van der Waals surface area contributed by atoms with E-state index >= 15 is 0 Å². The van der Waals surface area contributed by atoms with E-state index < -0.39 is 0 Å². The summed E-state index contributed by atoms with van der Waals surface area (Å²) >= 11 is 1.87. The maximum absolute atomic E-state index is 5.61. The van der Waals surface area contributed by atoms with Gasteiger partial charge in [0.25, 0.3) is 0 Å². The number of likely N-dealkylation sites (tertiary alicyclic amines) is 1. The quantitative estimate of drug-likeness (QED) is 0.445. The third-order valence-electron chi connectivity index (χ3n) is 7.58. The molecule has 6 rings (SSSR count). The smallest absolute Gasteiger partial charge is 0.119 e. The largest absolute Gasteiger partial charge is 0.497 e. The number of hydrogen-bond acceptors (Lipinski definition) is 3. The molecule has 0 spiro atoms. The van der Waals surface area contributed by atoms with Gasteiger partial charge in [0.15, 0.2) is 0 Å². The molecule has 2 atom stereocenters. The molecule has 0 saturated carbocycles. The van der Waals surface area contributed by atoms with Gasteiger partial charge in [0.1, 0.15) is 5.75 Å². The summed E-state index contributed by atoms with van der Waals surface area (Å²) in [7, 11) is 1.77. The van der Waals surface area contributed by atoms with E-state index in [0.717, 1.165) is 38.2 Å². The van der Waals surface area contributed by atoms with Crippen molar-refractivity contribution in [1.82, 2.24) is 9.88 Å². The topological polar surface area (TPSA) is 28.3 Å². The van der Waals surface area contributed by atoms with Gasteiger partial charge in [-0.2, -0.15) is 0 Å². The van der Waals surface area contributed by atoms with Crippen molar-refractivity contribution in [2.24, 2.45) is 5.92 Å². The summed E-state index contributed by atoms with van der Waals surface area (Å²) in [5, 5.41) is 3.60. The van der Waals surface area contributed by atoms with Crippen molar-refractivity contribution in [3.8, 4) is 5.75 Å². The molecule has 1 aliphatic carbocycles. The number of methoxy groups -OCH3 is 1. The summed E-state index contributed by atoms with van der Waals surface area (Å²) < 4.78 is 5.61. The van der Waals surface area contributed by atoms with Crippen LogP contribution < -0.4 is 4.74 Å². The van der Waals surface area contributed by atoms with Gasteiger partial charge in [-0.15, -0.1) is 11.3 Å². The molecule has 31 heavy (non-hydrogen) atoms. The lowest BCUT2D eigenvalue weighted by Crippen LogP contribution is -2.53. The highest BCUT2D eigenvalue weighted by Crippen LogP contribution is 2.49. The standard InChI is InChI=1S/C27H28N2OS/c1-30-21-7-4-6-19(14-21)27-11-12-29(18-22-8-5-13-31-22)17-20(27)15-24-23-9-2-3-10-25(23)28-26(24)16-27/h2-10,13-14,20,28H,11-12,15-18H2,1H3. The molecule has 2 unspecified atom stereocenters. The Morgan fingerprint density at radius 3 is 2.94 bits per heavy atom. The number of fused-ring (bicyclic) bond motifs is 4. The van der Waals surface area contributed by atoms with Crippen LogP contribution in [-0.2, 0) is 24.8 Å². The molecule has 2 aromatic carbocycles. The van der Waals surface area contributed by atoms with Crippen LogP contribution in [0.15, 0.2) is 66.0 Å². The van der Waals surface area contributed by atoms with Crippen molar-refractivity contribution in [2.75, 3.05) is 20.2 Å². The van der Waals surface area contributed by atoms with E-state index in [9.17, 15) is 0 Å². The van der Waals surface area contributed by atoms with Crippen molar-refractivity contribution in [1.29, 1.82) is 0 Å². The van der Waals surface area contributed by atoms with Gasteiger partial charge in [-0.25, -0.2) is 0 Å². The number of thiophene rings is 1. The van der Waals surface area contributed by atoms with Gasteiger partial charge in [-0.3, -0.25) is 4.90 Å². The summed E-state index contributed by atoms with van der Waals surface area (Å²) in [5.74, 6) is 1.56. The van der Waals surface area contributed by atoms with Crippen LogP contribution in [0, 0.1) is 5.92 Å². The number of nitrogens with zero attached hydrogens (tertiary/aromatic N) is 1. The van der Waals surface area contributed by atoms with Crippen molar-refractivity contribution in [3.63, 3.8) is 0 Å². The Morgan fingerprint density at radius 1 is 1.13 bits per heavy atom. The predicted octanol–water partition coefficient (Wildman–Crippen LogP) is 5.80. The summed E-state index contributed by atoms with van der Waals surface area (Å²) in [4.78, 5) is 7.92. The zero-order valence-electron chi connectivity index (χ0n) is 17.9. The normalized spacial score (nSPS) is 23.5. The van der Waals surface area contributed by atoms with Crippen molar-refractivity contribution in [2.45, 2.75) is 31.2 Å². The molecule has 3 nitrogen and oxygen atoms in total. The summed E-state index contributed by atoms with van der Waals surface area (Å²) in [5.41, 5.74) is 5.86. The number of nitrogens with one attached hydrogen (secondary N) is 1. The SMILES string of the molecule is COc1cccc(C23CCN(Cc4cccs4)CC2Cc2c([nH]c4ccccc24)C3)c1. The summed E-state index contributed by atoms with van der Waals surface area (Å²) in [6.07, 6.45) is 3.41. The molecule has 3 heterocycles. The fourth-order valence-electron chi connectivity index (χ4n) is 6.02. The second-order valence-electron chi connectivity index (χ2n) is 9.16. The first-order valence-electron chi connectivity index (χ1n) is 11.2. The van der Waals surface area contributed by atoms with E-state index in [4.69, 9.17) is 4.74 Å². The summed E-state index contributed by atoms with van der Waals surface area (Å²) in [6, 6.07) is 22.1. The second-order valence-corrected chi connectivity index (χ2v) is 10.2. The molecular weight excluding hydrogens is 400 g/mol. The number of para-hydroxylation sites is 1. The Labute approximate surface area is 187 Å². The fraction of sp³-hybridized carbons (Fsp3) is 0.333. The molecule has 0 amide bonds. The van der Waals surface area contributed by atoms with Gasteiger partial charge in [-0.05, 0) is 72.5 Å².